The number of nitrogens with zero attached hydrogens (tertiary/aromatic N) is 4. The minimum atomic E-state index is -0.217. The first-order valence-electron chi connectivity index (χ1n) is 7.91. The number of ketones is 1. The predicted molar refractivity (Wildman–Crippen MR) is 102 cm³/mol. The van der Waals surface area contributed by atoms with Gasteiger partial charge in [0, 0.05) is 41.2 Å². The van der Waals surface area contributed by atoms with Crippen molar-refractivity contribution in [3.8, 4) is 11.1 Å². The molecule has 0 N–H and O–H groups in total. The highest BCUT2D eigenvalue weighted by Crippen LogP contribution is 2.27. The van der Waals surface area contributed by atoms with Gasteiger partial charge in [0.05, 0.1) is 16.9 Å². The van der Waals surface area contributed by atoms with E-state index in [2.05, 4.69) is 10.1 Å². The molecule has 4 aromatic rings. The van der Waals surface area contributed by atoms with Gasteiger partial charge in [-0.15, -0.1) is 0 Å². The number of carbonyl (C=O) groups excluding carboxylic acids is 1. The van der Waals surface area contributed by atoms with Gasteiger partial charge in [-0.1, -0.05) is 23.2 Å². The summed E-state index contributed by atoms with van der Waals surface area (Å²) in [6.45, 7) is 1.81. The lowest BCUT2D eigenvalue weighted by Crippen LogP contribution is -2.08. The zero-order valence-electron chi connectivity index (χ0n) is 14.1. The summed E-state index contributed by atoms with van der Waals surface area (Å²) < 4.78 is 3.52. The van der Waals surface area contributed by atoms with E-state index in [1.54, 1.807) is 33.5 Å². The lowest BCUT2D eigenvalue weighted by Gasteiger charge is -2.07. The zero-order valence-corrected chi connectivity index (χ0v) is 15.6. The van der Waals surface area contributed by atoms with Crippen molar-refractivity contribution in [3.05, 3.63) is 75.9 Å². The van der Waals surface area contributed by atoms with Crippen molar-refractivity contribution in [1.29, 1.82) is 0 Å². The van der Waals surface area contributed by atoms with Crippen LogP contribution in [0.5, 0.6) is 0 Å². The molecule has 0 saturated carbocycles. The topological polar surface area (TPSA) is 52.2 Å². The van der Waals surface area contributed by atoms with E-state index >= 15 is 0 Å². The molecule has 130 valence electrons. The Labute approximate surface area is 159 Å². The van der Waals surface area contributed by atoms with E-state index in [-0.39, 0.29) is 5.78 Å². The molecule has 0 aliphatic carbocycles. The third-order valence-corrected chi connectivity index (χ3v) is 4.78. The third-order valence-electron chi connectivity index (χ3n) is 4.22. The molecule has 1 aromatic carbocycles. The standard InChI is InChI=1S/C19H14Cl2N4O/c1-11-18(19(26)15-7-14(20)4-5-16(15)21)25-10-12(3-6-17(25)23-11)13-8-22-24(2)9-13/h3-10H,1-2H3. The van der Waals surface area contributed by atoms with Crippen LogP contribution < -0.4 is 0 Å². The van der Waals surface area contributed by atoms with Crippen LogP contribution in [0.15, 0.2) is 48.9 Å². The number of hydrogen-bond donors (Lipinski definition) is 0. The molecule has 7 heteroatoms. The molecule has 0 aliphatic rings. The van der Waals surface area contributed by atoms with E-state index in [4.69, 9.17) is 23.2 Å². The number of pyridine rings is 1. The monoisotopic (exact) mass is 384 g/mol. The number of halogens is 2. The van der Waals surface area contributed by atoms with Crippen LogP contribution in [0.4, 0.5) is 0 Å². The number of rotatable bonds is 3. The summed E-state index contributed by atoms with van der Waals surface area (Å²) in [5.41, 5.74) is 4.05. The van der Waals surface area contributed by atoms with Crippen molar-refractivity contribution in [2.75, 3.05) is 0 Å². The number of imidazole rings is 1. The summed E-state index contributed by atoms with van der Waals surface area (Å²) in [7, 11) is 1.86. The summed E-state index contributed by atoms with van der Waals surface area (Å²) in [5.74, 6) is -0.217. The van der Waals surface area contributed by atoms with Crippen LogP contribution in [0.1, 0.15) is 21.7 Å². The fraction of sp³-hybridized carbons (Fsp3) is 0.105. The van der Waals surface area contributed by atoms with Crippen LogP contribution in [0.25, 0.3) is 16.8 Å². The number of aromatic nitrogens is 4. The molecule has 0 spiro atoms. The first-order chi connectivity index (χ1) is 12.4. The maximum Gasteiger partial charge on any atom is 0.213 e. The van der Waals surface area contributed by atoms with Crippen molar-refractivity contribution in [3.63, 3.8) is 0 Å². The number of fused-ring (bicyclic) bond motifs is 1. The molecular weight excluding hydrogens is 371 g/mol. The summed E-state index contributed by atoms with van der Waals surface area (Å²) in [4.78, 5) is 17.6. The maximum atomic E-state index is 13.1. The SMILES string of the molecule is Cc1nc2ccc(-c3cnn(C)c3)cn2c1C(=O)c1cc(Cl)ccc1Cl. The van der Waals surface area contributed by atoms with Crippen LogP contribution in [0, 0.1) is 6.92 Å². The smallest absolute Gasteiger partial charge is 0.213 e. The van der Waals surface area contributed by atoms with Gasteiger partial charge in [0.25, 0.3) is 0 Å². The second-order valence-electron chi connectivity index (χ2n) is 6.05. The van der Waals surface area contributed by atoms with E-state index in [1.807, 2.05) is 38.5 Å². The van der Waals surface area contributed by atoms with Gasteiger partial charge in [-0.25, -0.2) is 4.98 Å². The molecule has 0 fully saturated rings. The van der Waals surface area contributed by atoms with Crippen molar-refractivity contribution in [2.45, 2.75) is 6.92 Å². The molecule has 0 bridgehead atoms. The van der Waals surface area contributed by atoms with Crippen molar-refractivity contribution >= 4 is 34.6 Å². The fourth-order valence-electron chi connectivity index (χ4n) is 2.98. The van der Waals surface area contributed by atoms with Gasteiger partial charge in [0.2, 0.25) is 5.78 Å². The zero-order chi connectivity index (χ0) is 18.4. The molecule has 3 heterocycles. The second kappa shape index (κ2) is 6.27. The second-order valence-corrected chi connectivity index (χ2v) is 6.89. The van der Waals surface area contributed by atoms with Gasteiger partial charge in [-0.3, -0.25) is 13.9 Å². The molecule has 0 amide bonds. The number of aryl methyl sites for hydroxylation is 2. The molecular formula is C19H14Cl2N4O. The first-order valence-corrected chi connectivity index (χ1v) is 8.67. The Bertz CT molecular complexity index is 1160. The Morgan fingerprint density at radius 3 is 2.62 bits per heavy atom. The average molecular weight is 385 g/mol. The van der Waals surface area contributed by atoms with Crippen LogP contribution in [-0.2, 0) is 7.05 Å². The fourth-order valence-corrected chi connectivity index (χ4v) is 3.35. The molecule has 0 atom stereocenters. The molecule has 0 unspecified atom stereocenters. The first kappa shape index (κ1) is 16.8. The van der Waals surface area contributed by atoms with E-state index in [0.29, 0.717) is 32.6 Å². The highest BCUT2D eigenvalue weighted by atomic mass is 35.5. The molecule has 0 saturated heterocycles. The molecule has 4 rings (SSSR count). The number of hydrogen-bond acceptors (Lipinski definition) is 3. The number of carbonyl (C=O) groups is 1. The summed E-state index contributed by atoms with van der Waals surface area (Å²) in [6.07, 6.45) is 5.58. The Morgan fingerprint density at radius 1 is 1.08 bits per heavy atom. The Balaban J connectivity index is 1.90. The minimum absolute atomic E-state index is 0.217. The molecule has 26 heavy (non-hydrogen) atoms. The summed E-state index contributed by atoms with van der Waals surface area (Å²) >= 11 is 12.3. The van der Waals surface area contributed by atoms with Crippen LogP contribution in [-0.4, -0.2) is 24.9 Å². The van der Waals surface area contributed by atoms with Crippen molar-refractivity contribution < 1.29 is 4.79 Å². The third kappa shape index (κ3) is 2.79. The minimum Gasteiger partial charge on any atom is -0.296 e. The molecule has 5 nitrogen and oxygen atoms in total. The van der Waals surface area contributed by atoms with E-state index in [1.165, 1.54) is 0 Å². The Morgan fingerprint density at radius 2 is 1.88 bits per heavy atom. The molecule has 3 aromatic heterocycles. The van der Waals surface area contributed by atoms with Crippen LogP contribution in [0.2, 0.25) is 10.0 Å². The van der Waals surface area contributed by atoms with Crippen molar-refractivity contribution in [1.82, 2.24) is 19.2 Å². The van der Waals surface area contributed by atoms with Gasteiger partial charge >= 0.3 is 0 Å². The Hall–Kier alpha value is -2.63. The van der Waals surface area contributed by atoms with Gasteiger partial charge in [-0.2, -0.15) is 5.10 Å². The highest BCUT2D eigenvalue weighted by Gasteiger charge is 2.21. The van der Waals surface area contributed by atoms with E-state index in [0.717, 1.165) is 11.1 Å². The normalized spacial score (nSPS) is 11.2. The van der Waals surface area contributed by atoms with E-state index < -0.39 is 0 Å². The summed E-state index contributed by atoms with van der Waals surface area (Å²) in [5, 5.41) is 5.01. The van der Waals surface area contributed by atoms with Gasteiger partial charge < -0.3 is 0 Å². The lowest BCUT2D eigenvalue weighted by molar-refractivity contribution is 0.103. The Kier molecular flexibility index (Phi) is 4.05. The van der Waals surface area contributed by atoms with Gasteiger partial charge in [0.15, 0.2) is 0 Å². The van der Waals surface area contributed by atoms with Crippen LogP contribution >= 0.6 is 23.2 Å². The summed E-state index contributed by atoms with van der Waals surface area (Å²) in [6, 6.07) is 8.69. The largest absolute Gasteiger partial charge is 0.296 e. The predicted octanol–water partition coefficient (Wildman–Crippen LogP) is 4.58. The number of benzene rings is 1. The lowest BCUT2D eigenvalue weighted by atomic mass is 10.1. The molecule has 0 radical (unpaired) electrons. The van der Waals surface area contributed by atoms with E-state index in [9.17, 15) is 4.79 Å². The average Bonchev–Trinajstić information content (AvgIpc) is 3.18. The molecule has 0 aliphatic heterocycles. The van der Waals surface area contributed by atoms with Gasteiger partial charge in [-0.05, 0) is 37.3 Å². The quantitative estimate of drug-likeness (QED) is 0.485. The van der Waals surface area contributed by atoms with Crippen molar-refractivity contribution in [2.24, 2.45) is 7.05 Å². The van der Waals surface area contributed by atoms with Gasteiger partial charge in [0.1, 0.15) is 11.3 Å². The van der Waals surface area contributed by atoms with Crippen LogP contribution in [0.3, 0.4) is 0 Å². The highest BCUT2D eigenvalue weighted by molar-refractivity contribution is 6.36. The maximum absolute atomic E-state index is 13.1.